The molecule has 0 fully saturated rings. The summed E-state index contributed by atoms with van der Waals surface area (Å²) in [7, 11) is 1.24. The predicted molar refractivity (Wildman–Crippen MR) is 52.7 cm³/mol. The van der Waals surface area contributed by atoms with Crippen LogP contribution in [0.4, 0.5) is 0 Å². The van der Waals surface area contributed by atoms with Gasteiger partial charge in [0.25, 0.3) is 5.91 Å². The van der Waals surface area contributed by atoms with Crippen molar-refractivity contribution in [3.63, 3.8) is 0 Å². The summed E-state index contributed by atoms with van der Waals surface area (Å²) < 4.78 is 9.30. The molecule has 15 heavy (non-hydrogen) atoms. The third-order valence-electron chi connectivity index (χ3n) is 1.70. The molecule has 5 nitrogen and oxygen atoms in total. The van der Waals surface area contributed by atoms with Crippen LogP contribution >= 0.6 is 11.6 Å². The van der Waals surface area contributed by atoms with Gasteiger partial charge in [-0.05, 0) is 30.7 Å². The molecular weight excluding hydrogens is 222 g/mol. The summed E-state index contributed by atoms with van der Waals surface area (Å²) in [5.74, 6) is -0.989. The fraction of sp³-hybridized carbons (Fsp3) is 0.333. The van der Waals surface area contributed by atoms with Crippen molar-refractivity contribution in [1.29, 1.82) is 0 Å². The molecule has 1 N–H and O–H groups in total. The number of nitrogens with one attached hydrogen (secondary N) is 1. The van der Waals surface area contributed by atoms with Gasteiger partial charge in [-0.3, -0.25) is 4.79 Å². The van der Waals surface area contributed by atoms with Gasteiger partial charge in [0.1, 0.15) is 6.04 Å². The van der Waals surface area contributed by atoms with E-state index in [2.05, 4.69) is 10.1 Å². The van der Waals surface area contributed by atoms with E-state index in [1.807, 2.05) is 0 Å². The van der Waals surface area contributed by atoms with Crippen LogP contribution in [0.5, 0.6) is 0 Å². The minimum Gasteiger partial charge on any atom is -0.467 e. The highest BCUT2D eigenvalue weighted by atomic mass is 35.5. The first kappa shape index (κ1) is 11.6. The lowest BCUT2D eigenvalue weighted by Gasteiger charge is -2.09. The van der Waals surface area contributed by atoms with E-state index in [1.165, 1.54) is 26.2 Å². The Morgan fingerprint density at radius 3 is 2.67 bits per heavy atom. The number of carbonyl (C=O) groups is 2. The summed E-state index contributed by atoms with van der Waals surface area (Å²) in [5, 5.41) is 2.51. The van der Waals surface area contributed by atoms with E-state index >= 15 is 0 Å². The highest BCUT2D eigenvalue weighted by molar-refractivity contribution is 6.29. The number of furan rings is 1. The topological polar surface area (TPSA) is 68.5 Å². The van der Waals surface area contributed by atoms with E-state index in [9.17, 15) is 9.59 Å². The lowest BCUT2D eigenvalue weighted by molar-refractivity contribution is -0.142. The SMILES string of the molecule is COC(=O)C(C)NC(=O)c1ccc(Cl)o1. The summed E-state index contributed by atoms with van der Waals surface area (Å²) in [5.41, 5.74) is 0. The first-order valence-electron chi connectivity index (χ1n) is 4.18. The van der Waals surface area contributed by atoms with Gasteiger partial charge < -0.3 is 14.5 Å². The van der Waals surface area contributed by atoms with E-state index in [-0.39, 0.29) is 11.0 Å². The van der Waals surface area contributed by atoms with Crippen molar-refractivity contribution in [1.82, 2.24) is 5.32 Å². The molecule has 6 heteroatoms. The Morgan fingerprint density at radius 2 is 2.20 bits per heavy atom. The number of methoxy groups -OCH3 is 1. The molecule has 0 aliphatic heterocycles. The summed E-state index contributed by atoms with van der Waals surface area (Å²) >= 11 is 5.49. The minimum absolute atomic E-state index is 0.0516. The molecule has 0 radical (unpaired) electrons. The van der Waals surface area contributed by atoms with Gasteiger partial charge in [-0.1, -0.05) is 0 Å². The number of esters is 1. The normalized spacial score (nSPS) is 11.9. The number of hydrogen-bond acceptors (Lipinski definition) is 4. The molecule has 0 aliphatic carbocycles. The van der Waals surface area contributed by atoms with E-state index in [0.717, 1.165) is 0 Å². The van der Waals surface area contributed by atoms with Gasteiger partial charge in [0.15, 0.2) is 11.0 Å². The van der Waals surface area contributed by atoms with Gasteiger partial charge in [0, 0.05) is 0 Å². The summed E-state index contributed by atoms with van der Waals surface area (Å²) in [6.07, 6.45) is 0. The van der Waals surface area contributed by atoms with Crippen LogP contribution in [0.1, 0.15) is 17.5 Å². The van der Waals surface area contributed by atoms with Crippen molar-refractivity contribution in [2.45, 2.75) is 13.0 Å². The molecule has 1 heterocycles. The van der Waals surface area contributed by atoms with Gasteiger partial charge >= 0.3 is 5.97 Å². The Bertz CT molecular complexity index is 374. The van der Waals surface area contributed by atoms with Gasteiger partial charge in [0.2, 0.25) is 0 Å². The van der Waals surface area contributed by atoms with Crippen molar-refractivity contribution < 1.29 is 18.7 Å². The van der Waals surface area contributed by atoms with Crippen LogP contribution in [0.3, 0.4) is 0 Å². The van der Waals surface area contributed by atoms with Gasteiger partial charge in [0.05, 0.1) is 7.11 Å². The second kappa shape index (κ2) is 4.84. The number of halogens is 1. The minimum atomic E-state index is -0.730. The molecule has 0 saturated carbocycles. The molecule has 1 atom stereocenters. The van der Waals surface area contributed by atoms with Crippen LogP contribution in [-0.2, 0) is 9.53 Å². The zero-order valence-electron chi connectivity index (χ0n) is 8.24. The van der Waals surface area contributed by atoms with Crippen molar-refractivity contribution in [2.24, 2.45) is 0 Å². The molecule has 0 saturated heterocycles. The molecule has 0 bridgehead atoms. The first-order valence-corrected chi connectivity index (χ1v) is 4.56. The Balaban J connectivity index is 2.60. The van der Waals surface area contributed by atoms with E-state index < -0.39 is 17.9 Å². The maximum Gasteiger partial charge on any atom is 0.328 e. The molecule has 0 aromatic carbocycles. The maximum atomic E-state index is 11.4. The molecule has 1 unspecified atom stereocenters. The molecule has 1 aromatic rings. The highest BCUT2D eigenvalue weighted by Crippen LogP contribution is 2.12. The lowest BCUT2D eigenvalue weighted by atomic mass is 10.3. The van der Waals surface area contributed by atoms with E-state index in [1.54, 1.807) is 0 Å². The first-order chi connectivity index (χ1) is 7.04. The lowest BCUT2D eigenvalue weighted by Crippen LogP contribution is -2.38. The number of ether oxygens (including phenoxy) is 1. The Labute approximate surface area is 91.3 Å². The fourth-order valence-electron chi connectivity index (χ4n) is 0.940. The summed E-state index contributed by atoms with van der Waals surface area (Å²) in [6, 6.07) is 2.13. The standard InChI is InChI=1S/C9H10ClNO4/c1-5(9(13)14-2)11-8(12)6-3-4-7(10)15-6/h3-5H,1-2H3,(H,11,12). The Hall–Kier alpha value is -1.49. The van der Waals surface area contributed by atoms with Crippen LogP contribution < -0.4 is 5.32 Å². The van der Waals surface area contributed by atoms with E-state index in [4.69, 9.17) is 16.0 Å². The molecule has 0 aliphatic rings. The van der Waals surface area contributed by atoms with Crippen molar-refractivity contribution >= 4 is 23.5 Å². The molecule has 1 amide bonds. The Morgan fingerprint density at radius 1 is 1.53 bits per heavy atom. The van der Waals surface area contributed by atoms with Crippen molar-refractivity contribution in [2.75, 3.05) is 7.11 Å². The van der Waals surface area contributed by atoms with Crippen LogP contribution in [0.2, 0.25) is 5.22 Å². The molecule has 82 valence electrons. The molecule has 1 aromatic heterocycles. The van der Waals surface area contributed by atoms with Crippen LogP contribution in [0, 0.1) is 0 Å². The van der Waals surface area contributed by atoms with E-state index in [0.29, 0.717) is 0 Å². The largest absolute Gasteiger partial charge is 0.467 e. The van der Waals surface area contributed by atoms with Gasteiger partial charge in [-0.15, -0.1) is 0 Å². The third-order valence-corrected chi connectivity index (χ3v) is 1.90. The smallest absolute Gasteiger partial charge is 0.328 e. The van der Waals surface area contributed by atoms with Gasteiger partial charge in [-0.2, -0.15) is 0 Å². The average Bonchev–Trinajstić information content (AvgIpc) is 2.63. The predicted octanol–water partition coefficient (Wildman–Crippen LogP) is 1.22. The van der Waals surface area contributed by atoms with Crippen LogP contribution in [0.15, 0.2) is 16.5 Å². The number of hydrogen-bond donors (Lipinski definition) is 1. The fourth-order valence-corrected chi connectivity index (χ4v) is 1.09. The number of carbonyl (C=O) groups excluding carboxylic acids is 2. The van der Waals surface area contributed by atoms with Crippen LogP contribution in [-0.4, -0.2) is 25.0 Å². The second-order valence-electron chi connectivity index (χ2n) is 2.82. The second-order valence-corrected chi connectivity index (χ2v) is 3.19. The summed E-state index contributed by atoms with van der Waals surface area (Å²) in [6.45, 7) is 1.51. The molecule has 1 rings (SSSR count). The third kappa shape index (κ3) is 2.99. The molecular formula is C9H10ClNO4. The Kier molecular flexibility index (Phi) is 3.74. The van der Waals surface area contributed by atoms with Gasteiger partial charge in [-0.25, -0.2) is 4.79 Å². The number of amides is 1. The zero-order valence-corrected chi connectivity index (χ0v) is 9.00. The van der Waals surface area contributed by atoms with Crippen LogP contribution in [0.25, 0.3) is 0 Å². The zero-order chi connectivity index (χ0) is 11.4. The number of rotatable bonds is 3. The quantitative estimate of drug-likeness (QED) is 0.795. The monoisotopic (exact) mass is 231 g/mol. The molecule has 0 spiro atoms. The maximum absolute atomic E-state index is 11.4. The summed E-state index contributed by atoms with van der Waals surface area (Å²) in [4.78, 5) is 22.4. The van der Waals surface area contributed by atoms with Crippen molar-refractivity contribution in [3.05, 3.63) is 23.1 Å². The van der Waals surface area contributed by atoms with Crippen molar-refractivity contribution in [3.8, 4) is 0 Å². The highest BCUT2D eigenvalue weighted by Gasteiger charge is 2.18. The average molecular weight is 232 g/mol.